The number of rotatable bonds is 10. The SMILES string of the molecule is CC(C)(C)c1cnc(CSc2cnc(NC(=O)C3CCN(CC(=O)NCCCN)CC3)s2)o1. The summed E-state index contributed by atoms with van der Waals surface area (Å²) in [7, 11) is 0. The van der Waals surface area contributed by atoms with Gasteiger partial charge >= 0.3 is 0 Å². The van der Waals surface area contributed by atoms with E-state index in [0.717, 1.165) is 42.3 Å². The Morgan fingerprint density at radius 2 is 2.03 bits per heavy atom. The molecule has 1 saturated heterocycles. The van der Waals surface area contributed by atoms with Crippen molar-refractivity contribution >= 4 is 40.0 Å². The van der Waals surface area contributed by atoms with Crippen molar-refractivity contribution < 1.29 is 14.0 Å². The Bertz CT molecular complexity index is 915. The zero-order valence-electron chi connectivity index (χ0n) is 19.6. The summed E-state index contributed by atoms with van der Waals surface area (Å²) in [6.07, 6.45) is 5.80. The van der Waals surface area contributed by atoms with Crippen LogP contribution in [-0.4, -0.2) is 59.4 Å². The zero-order chi connectivity index (χ0) is 23.8. The van der Waals surface area contributed by atoms with Gasteiger partial charge in [-0.25, -0.2) is 9.97 Å². The molecule has 0 saturated carbocycles. The molecule has 2 aromatic rings. The van der Waals surface area contributed by atoms with Crippen LogP contribution >= 0.6 is 23.1 Å². The molecule has 0 aliphatic carbocycles. The fourth-order valence-electron chi connectivity index (χ4n) is 3.39. The van der Waals surface area contributed by atoms with E-state index < -0.39 is 0 Å². The summed E-state index contributed by atoms with van der Waals surface area (Å²) in [4.78, 5) is 35.4. The molecule has 3 heterocycles. The first-order valence-electron chi connectivity index (χ1n) is 11.3. The topological polar surface area (TPSA) is 126 Å². The van der Waals surface area contributed by atoms with Crippen LogP contribution in [0.3, 0.4) is 0 Å². The maximum Gasteiger partial charge on any atom is 0.234 e. The highest BCUT2D eigenvalue weighted by Gasteiger charge is 2.26. The van der Waals surface area contributed by atoms with Gasteiger partial charge in [-0.1, -0.05) is 32.1 Å². The van der Waals surface area contributed by atoms with Crippen molar-refractivity contribution in [2.24, 2.45) is 11.7 Å². The molecule has 0 aromatic carbocycles. The quantitative estimate of drug-likeness (QED) is 0.340. The number of hydrogen-bond donors (Lipinski definition) is 3. The number of nitrogens with zero attached hydrogens (tertiary/aromatic N) is 3. The first kappa shape index (κ1) is 25.7. The predicted molar refractivity (Wildman–Crippen MR) is 131 cm³/mol. The number of aromatic nitrogens is 2. The Morgan fingerprint density at radius 1 is 1.27 bits per heavy atom. The van der Waals surface area contributed by atoms with E-state index in [4.69, 9.17) is 10.2 Å². The minimum atomic E-state index is -0.0651. The minimum Gasteiger partial charge on any atom is -0.444 e. The Hall–Kier alpha value is -1.95. The summed E-state index contributed by atoms with van der Waals surface area (Å²) in [5.74, 6) is 2.11. The van der Waals surface area contributed by atoms with E-state index in [-0.39, 0.29) is 23.1 Å². The van der Waals surface area contributed by atoms with Crippen LogP contribution in [0.4, 0.5) is 5.13 Å². The molecule has 0 spiro atoms. The second-order valence-electron chi connectivity index (χ2n) is 9.17. The van der Waals surface area contributed by atoms with Crippen molar-refractivity contribution in [1.29, 1.82) is 0 Å². The highest BCUT2D eigenvalue weighted by atomic mass is 32.2. The molecule has 1 aliphatic heterocycles. The lowest BCUT2D eigenvalue weighted by Gasteiger charge is -2.30. The van der Waals surface area contributed by atoms with Gasteiger partial charge in [-0.2, -0.15) is 0 Å². The van der Waals surface area contributed by atoms with Crippen molar-refractivity contribution in [1.82, 2.24) is 20.2 Å². The molecule has 4 N–H and O–H groups in total. The van der Waals surface area contributed by atoms with Crippen LogP contribution in [0.5, 0.6) is 0 Å². The zero-order valence-corrected chi connectivity index (χ0v) is 21.2. The fourth-order valence-corrected chi connectivity index (χ4v) is 5.12. The number of nitrogens with one attached hydrogen (secondary N) is 2. The van der Waals surface area contributed by atoms with E-state index in [1.54, 1.807) is 24.2 Å². The lowest BCUT2D eigenvalue weighted by atomic mass is 9.94. The summed E-state index contributed by atoms with van der Waals surface area (Å²) in [6, 6.07) is 0. The molecule has 2 aromatic heterocycles. The number of thiazole rings is 1. The van der Waals surface area contributed by atoms with Crippen molar-refractivity contribution in [2.75, 3.05) is 38.0 Å². The Balaban J connectivity index is 1.39. The van der Waals surface area contributed by atoms with Crippen LogP contribution in [0.2, 0.25) is 0 Å². The highest BCUT2D eigenvalue weighted by Crippen LogP contribution is 2.32. The Labute approximate surface area is 203 Å². The molecular formula is C22H34N6O3S2. The summed E-state index contributed by atoms with van der Waals surface area (Å²) >= 11 is 3.04. The maximum absolute atomic E-state index is 12.7. The van der Waals surface area contributed by atoms with E-state index in [0.29, 0.717) is 36.4 Å². The Morgan fingerprint density at radius 3 is 2.70 bits per heavy atom. The molecule has 1 fully saturated rings. The molecule has 9 nitrogen and oxygen atoms in total. The number of nitrogens with two attached hydrogens (primary N) is 1. The van der Waals surface area contributed by atoms with E-state index in [9.17, 15) is 9.59 Å². The lowest BCUT2D eigenvalue weighted by molar-refractivity contribution is -0.123. The van der Waals surface area contributed by atoms with Crippen molar-refractivity contribution in [3.8, 4) is 0 Å². The summed E-state index contributed by atoms with van der Waals surface area (Å²) in [6.45, 7) is 9.28. The molecule has 182 valence electrons. The molecule has 0 radical (unpaired) electrons. The largest absolute Gasteiger partial charge is 0.444 e. The van der Waals surface area contributed by atoms with E-state index in [1.165, 1.54) is 11.3 Å². The highest BCUT2D eigenvalue weighted by molar-refractivity contribution is 8.00. The van der Waals surface area contributed by atoms with Gasteiger partial charge in [-0.15, -0.1) is 11.8 Å². The first-order valence-corrected chi connectivity index (χ1v) is 13.1. The molecule has 0 bridgehead atoms. The monoisotopic (exact) mass is 494 g/mol. The van der Waals surface area contributed by atoms with Crippen LogP contribution in [0.25, 0.3) is 0 Å². The van der Waals surface area contributed by atoms with Gasteiger partial charge in [0.15, 0.2) is 5.13 Å². The lowest BCUT2D eigenvalue weighted by Crippen LogP contribution is -2.43. The standard InChI is InChI=1S/C22H34N6O3S2/c1-22(2,3)16-11-25-18(31-16)14-32-19-12-26-21(33-19)27-20(30)15-5-9-28(10-6-15)13-17(29)24-8-4-7-23/h11-12,15H,4-10,13-14,23H2,1-3H3,(H,24,29)(H,26,27,30). The van der Waals surface area contributed by atoms with Gasteiger partial charge in [-0.05, 0) is 38.9 Å². The third-order valence-corrected chi connectivity index (χ3v) is 7.47. The van der Waals surface area contributed by atoms with Crippen LogP contribution < -0.4 is 16.4 Å². The summed E-state index contributed by atoms with van der Waals surface area (Å²) < 4.78 is 6.82. The first-order chi connectivity index (χ1) is 15.7. The van der Waals surface area contributed by atoms with Gasteiger partial charge in [-0.3, -0.25) is 14.5 Å². The number of oxazole rings is 1. The molecule has 33 heavy (non-hydrogen) atoms. The molecule has 3 rings (SSSR count). The number of thioether (sulfide) groups is 1. The fraction of sp³-hybridized carbons (Fsp3) is 0.636. The number of anilines is 1. The van der Waals surface area contributed by atoms with Gasteiger partial charge in [0, 0.05) is 17.9 Å². The number of likely N-dealkylation sites (tertiary alicyclic amines) is 1. The molecule has 0 atom stereocenters. The average molecular weight is 495 g/mol. The van der Waals surface area contributed by atoms with Crippen molar-refractivity contribution in [3.63, 3.8) is 0 Å². The van der Waals surface area contributed by atoms with Gasteiger partial charge in [0.2, 0.25) is 17.7 Å². The summed E-state index contributed by atoms with van der Waals surface area (Å²) in [5.41, 5.74) is 5.38. The number of piperidine rings is 1. The van der Waals surface area contributed by atoms with E-state index in [1.807, 2.05) is 0 Å². The van der Waals surface area contributed by atoms with Crippen LogP contribution in [-0.2, 0) is 20.8 Å². The van der Waals surface area contributed by atoms with E-state index >= 15 is 0 Å². The van der Waals surface area contributed by atoms with Gasteiger partial charge in [0.25, 0.3) is 0 Å². The molecule has 2 amide bonds. The number of amides is 2. The molecule has 11 heteroatoms. The normalized spacial score (nSPS) is 15.5. The maximum atomic E-state index is 12.7. The van der Waals surface area contributed by atoms with Crippen molar-refractivity contribution in [2.45, 2.75) is 55.4 Å². The molecule has 0 unspecified atom stereocenters. The van der Waals surface area contributed by atoms with Gasteiger partial charge in [0.1, 0.15) is 5.76 Å². The second kappa shape index (κ2) is 12.0. The van der Waals surface area contributed by atoms with Crippen molar-refractivity contribution in [3.05, 3.63) is 24.0 Å². The average Bonchev–Trinajstić information content (AvgIpc) is 3.42. The third kappa shape index (κ3) is 8.09. The second-order valence-corrected chi connectivity index (χ2v) is 11.5. The van der Waals surface area contributed by atoms with Crippen LogP contribution in [0, 0.1) is 5.92 Å². The van der Waals surface area contributed by atoms with E-state index in [2.05, 4.69) is 46.3 Å². The van der Waals surface area contributed by atoms with Crippen LogP contribution in [0.15, 0.2) is 21.0 Å². The number of carbonyl (C=O) groups is 2. The number of carbonyl (C=O) groups excluding carboxylic acids is 2. The van der Waals surface area contributed by atoms with Crippen LogP contribution in [0.1, 0.15) is 51.7 Å². The smallest absolute Gasteiger partial charge is 0.234 e. The number of hydrogen-bond acceptors (Lipinski definition) is 9. The molecular weight excluding hydrogens is 460 g/mol. The van der Waals surface area contributed by atoms with Gasteiger partial charge < -0.3 is 20.8 Å². The van der Waals surface area contributed by atoms with Gasteiger partial charge in [0.05, 0.1) is 28.9 Å². The Kier molecular flexibility index (Phi) is 9.30. The summed E-state index contributed by atoms with van der Waals surface area (Å²) in [5, 5.41) is 6.42. The molecule has 1 aliphatic rings. The third-order valence-electron chi connectivity index (χ3n) is 5.37. The predicted octanol–water partition coefficient (Wildman–Crippen LogP) is 2.84. The minimum absolute atomic E-state index is 0.00420.